The van der Waals surface area contributed by atoms with Gasteiger partial charge in [-0.2, -0.15) is 0 Å². The fraction of sp³-hybridized carbons (Fsp3) is 0.316. The molecular weight excluding hydrogens is 306 g/mol. The van der Waals surface area contributed by atoms with Crippen LogP contribution < -0.4 is 10.1 Å². The van der Waals surface area contributed by atoms with Crippen LogP contribution in [-0.4, -0.2) is 37.4 Å². The molecule has 0 saturated heterocycles. The molecule has 0 spiro atoms. The number of nitrogens with one attached hydrogen (secondary N) is 1. The van der Waals surface area contributed by atoms with E-state index in [-0.39, 0.29) is 18.6 Å². The minimum Gasteiger partial charge on any atom is -0.491 e. The van der Waals surface area contributed by atoms with Crippen molar-refractivity contribution in [3.05, 3.63) is 65.7 Å². The van der Waals surface area contributed by atoms with Gasteiger partial charge in [0.25, 0.3) is 0 Å². The van der Waals surface area contributed by atoms with Crippen LogP contribution in [0.5, 0.6) is 5.75 Å². The average Bonchev–Trinajstić information content (AvgIpc) is 2.64. The number of aliphatic hydroxyl groups is 1. The lowest BCUT2D eigenvalue weighted by Crippen LogP contribution is -2.33. The lowest BCUT2D eigenvalue weighted by molar-refractivity contribution is 0.0600. The van der Waals surface area contributed by atoms with Crippen molar-refractivity contribution in [2.45, 2.75) is 19.1 Å². The van der Waals surface area contributed by atoms with Gasteiger partial charge in [0, 0.05) is 12.6 Å². The molecule has 24 heavy (non-hydrogen) atoms. The van der Waals surface area contributed by atoms with Crippen molar-refractivity contribution in [3.8, 4) is 5.75 Å². The first-order valence-corrected chi connectivity index (χ1v) is 7.87. The Balaban J connectivity index is 1.75. The molecule has 0 heterocycles. The zero-order valence-corrected chi connectivity index (χ0v) is 13.9. The Kier molecular flexibility index (Phi) is 6.78. The van der Waals surface area contributed by atoms with E-state index in [1.807, 2.05) is 30.3 Å². The lowest BCUT2D eigenvalue weighted by atomic mass is 10.1. The minimum absolute atomic E-state index is 0.153. The highest BCUT2D eigenvalue weighted by molar-refractivity contribution is 5.89. The molecule has 0 amide bonds. The largest absolute Gasteiger partial charge is 0.491 e. The fourth-order valence-electron chi connectivity index (χ4n) is 2.23. The molecule has 0 saturated carbocycles. The zero-order valence-electron chi connectivity index (χ0n) is 13.9. The van der Waals surface area contributed by atoms with Crippen LogP contribution in [-0.2, 0) is 4.74 Å². The molecule has 0 radical (unpaired) electrons. The third kappa shape index (κ3) is 5.37. The van der Waals surface area contributed by atoms with E-state index in [0.29, 0.717) is 17.9 Å². The highest BCUT2D eigenvalue weighted by atomic mass is 16.5. The molecular formula is C19H23NO4. The van der Waals surface area contributed by atoms with Gasteiger partial charge in [0.1, 0.15) is 18.5 Å². The summed E-state index contributed by atoms with van der Waals surface area (Å²) in [5.41, 5.74) is 1.63. The molecule has 128 valence electrons. The van der Waals surface area contributed by atoms with Crippen LogP contribution in [0, 0.1) is 0 Å². The molecule has 5 heteroatoms. The average molecular weight is 329 g/mol. The molecule has 0 fully saturated rings. The molecule has 0 unspecified atom stereocenters. The van der Waals surface area contributed by atoms with Crippen LogP contribution in [0.1, 0.15) is 28.9 Å². The van der Waals surface area contributed by atoms with E-state index in [9.17, 15) is 9.90 Å². The highest BCUT2D eigenvalue weighted by Crippen LogP contribution is 2.14. The standard InChI is InChI=1S/C19H23NO4/c1-14(15-6-4-3-5-7-15)20-12-17(21)13-24-18-10-8-16(9-11-18)19(22)23-2/h3-11,14,17,20-21H,12-13H2,1-2H3/t14-,17+/m0/s1. The number of esters is 1. The van der Waals surface area contributed by atoms with Crippen molar-refractivity contribution in [2.75, 3.05) is 20.3 Å². The summed E-state index contributed by atoms with van der Waals surface area (Å²) in [6, 6.07) is 16.8. The number of carbonyl (C=O) groups is 1. The molecule has 0 aromatic heterocycles. The van der Waals surface area contributed by atoms with E-state index in [2.05, 4.69) is 17.0 Å². The van der Waals surface area contributed by atoms with E-state index in [0.717, 1.165) is 0 Å². The first-order chi connectivity index (χ1) is 11.6. The Hall–Kier alpha value is -2.37. The summed E-state index contributed by atoms with van der Waals surface area (Å²) in [5, 5.41) is 13.3. The fourth-order valence-corrected chi connectivity index (χ4v) is 2.23. The summed E-state index contributed by atoms with van der Waals surface area (Å²) in [6.07, 6.45) is -0.628. The lowest BCUT2D eigenvalue weighted by Gasteiger charge is -2.18. The molecule has 0 aliphatic heterocycles. The topological polar surface area (TPSA) is 67.8 Å². The van der Waals surface area contributed by atoms with Gasteiger partial charge in [0.2, 0.25) is 0 Å². The van der Waals surface area contributed by atoms with Gasteiger partial charge in [-0.25, -0.2) is 4.79 Å². The van der Waals surface area contributed by atoms with Gasteiger partial charge in [0.15, 0.2) is 0 Å². The van der Waals surface area contributed by atoms with E-state index >= 15 is 0 Å². The first kappa shape index (κ1) is 18.0. The number of rotatable bonds is 8. The van der Waals surface area contributed by atoms with Crippen molar-refractivity contribution in [1.29, 1.82) is 0 Å². The first-order valence-electron chi connectivity index (χ1n) is 7.87. The molecule has 2 aromatic carbocycles. The van der Waals surface area contributed by atoms with Crippen LogP contribution in [0.4, 0.5) is 0 Å². The summed E-state index contributed by atoms with van der Waals surface area (Å²) < 4.78 is 10.2. The zero-order chi connectivity index (χ0) is 17.4. The third-order valence-corrected chi connectivity index (χ3v) is 3.68. The molecule has 5 nitrogen and oxygen atoms in total. The maximum absolute atomic E-state index is 11.3. The molecule has 0 aliphatic carbocycles. The van der Waals surface area contributed by atoms with Gasteiger partial charge in [-0.1, -0.05) is 30.3 Å². The quantitative estimate of drug-likeness (QED) is 0.729. The van der Waals surface area contributed by atoms with Crippen LogP contribution >= 0.6 is 0 Å². The summed E-state index contributed by atoms with van der Waals surface area (Å²) in [6.45, 7) is 2.65. The van der Waals surface area contributed by atoms with Gasteiger partial charge in [-0.3, -0.25) is 0 Å². The second-order valence-electron chi connectivity index (χ2n) is 5.52. The molecule has 2 atom stereocenters. The van der Waals surface area contributed by atoms with Crippen molar-refractivity contribution in [1.82, 2.24) is 5.32 Å². The summed E-state index contributed by atoms with van der Waals surface area (Å²) in [7, 11) is 1.34. The maximum Gasteiger partial charge on any atom is 0.337 e. The summed E-state index contributed by atoms with van der Waals surface area (Å²) >= 11 is 0. The smallest absolute Gasteiger partial charge is 0.337 e. The number of methoxy groups -OCH3 is 1. The molecule has 0 aliphatic rings. The second kappa shape index (κ2) is 9.05. The number of ether oxygens (including phenoxy) is 2. The Morgan fingerprint density at radius 2 is 1.79 bits per heavy atom. The van der Waals surface area contributed by atoms with Crippen molar-refractivity contribution in [3.63, 3.8) is 0 Å². The Morgan fingerprint density at radius 1 is 1.12 bits per heavy atom. The number of hydrogen-bond donors (Lipinski definition) is 2. The summed E-state index contributed by atoms with van der Waals surface area (Å²) in [5.74, 6) is 0.207. The Bertz CT molecular complexity index is 628. The maximum atomic E-state index is 11.3. The SMILES string of the molecule is COC(=O)c1ccc(OC[C@H](O)CN[C@@H](C)c2ccccc2)cc1. The number of carbonyl (C=O) groups excluding carboxylic acids is 1. The highest BCUT2D eigenvalue weighted by Gasteiger charge is 2.10. The van der Waals surface area contributed by atoms with E-state index in [1.165, 1.54) is 12.7 Å². The Morgan fingerprint density at radius 3 is 2.42 bits per heavy atom. The third-order valence-electron chi connectivity index (χ3n) is 3.68. The van der Waals surface area contributed by atoms with E-state index in [1.54, 1.807) is 24.3 Å². The predicted molar refractivity (Wildman–Crippen MR) is 92.1 cm³/mol. The van der Waals surface area contributed by atoms with Gasteiger partial charge >= 0.3 is 5.97 Å². The van der Waals surface area contributed by atoms with E-state index < -0.39 is 6.10 Å². The number of aliphatic hydroxyl groups excluding tert-OH is 1. The Labute approximate surface area is 142 Å². The molecule has 2 rings (SSSR count). The predicted octanol–water partition coefficient (Wildman–Crippen LogP) is 2.56. The minimum atomic E-state index is -0.628. The van der Waals surface area contributed by atoms with Gasteiger partial charge in [-0.05, 0) is 36.8 Å². The summed E-state index contributed by atoms with van der Waals surface area (Å²) in [4.78, 5) is 11.3. The monoisotopic (exact) mass is 329 g/mol. The molecule has 0 bridgehead atoms. The van der Waals surface area contributed by atoms with E-state index in [4.69, 9.17) is 4.74 Å². The van der Waals surface area contributed by atoms with Crippen LogP contribution in [0.2, 0.25) is 0 Å². The van der Waals surface area contributed by atoms with Crippen LogP contribution in [0.25, 0.3) is 0 Å². The second-order valence-corrected chi connectivity index (χ2v) is 5.52. The van der Waals surface area contributed by atoms with Gasteiger partial charge in [-0.15, -0.1) is 0 Å². The van der Waals surface area contributed by atoms with Gasteiger partial charge < -0.3 is 19.9 Å². The van der Waals surface area contributed by atoms with Crippen LogP contribution in [0.3, 0.4) is 0 Å². The molecule has 2 N–H and O–H groups in total. The number of benzene rings is 2. The van der Waals surface area contributed by atoms with Crippen molar-refractivity contribution < 1.29 is 19.4 Å². The molecule has 2 aromatic rings. The van der Waals surface area contributed by atoms with Crippen molar-refractivity contribution >= 4 is 5.97 Å². The van der Waals surface area contributed by atoms with Crippen molar-refractivity contribution in [2.24, 2.45) is 0 Å². The normalized spacial score (nSPS) is 13.1. The number of hydrogen-bond acceptors (Lipinski definition) is 5. The van der Waals surface area contributed by atoms with Gasteiger partial charge in [0.05, 0.1) is 12.7 Å². The van der Waals surface area contributed by atoms with Crippen LogP contribution in [0.15, 0.2) is 54.6 Å².